The minimum Gasteiger partial charge on any atom is -0.452 e. The number of ether oxygens (including phenoxy) is 1. The summed E-state index contributed by atoms with van der Waals surface area (Å²) in [6.45, 7) is 1.35. The first-order valence-electron chi connectivity index (χ1n) is 11.8. The van der Waals surface area contributed by atoms with Crippen LogP contribution in [0, 0.1) is 0 Å². The Hall–Kier alpha value is -3.81. The molecule has 0 bridgehead atoms. The van der Waals surface area contributed by atoms with Gasteiger partial charge in [0.25, 0.3) is 5.91 Å². The fourth-order valence-electron chi connectivity index (χ4n) is 4.72. The number of nitrogens with zero attached hydrogens (tertiary/aromatic N) is 2. The number of carbonyl (C=O) groups is 3. The number of nitrogens with one attached hydrogen (secondary N) is 2. The maximum absolute atomic E-state index is 12.6. The van der Waals surface area contributed by atoms with Gasteiger partial charge in [-0.05, 0) is 61.6 Å². The number of rotatable bonds is 4. The zero-order chi connectivity index (χ0) is 23.5. The molecular formula is C26H28N4O4. The number of urea groups is 1. The Labute approximate surface area is 197 Å². The molecule has 3 amide bonds. The van der Waals surface area contributed by atoms with Crippen molar-refractivity contribution in [3.8, 4) is 0 Å². The minimum atomic E-state index is -0.498. The van der Waals surface area contributed by atoms with Crippen LogP contribution in [0.5, 0.6) is 0 Å². The third kappa shape index (κ3) is 4.62. The lowest BCUT2D eigenvalue weighted by Crippen LogP contribution is -2.52. The molecule has 34 heavy (non-hydrogen) atoms. The average molecular weight is 461 g/mol. The van der Waals surface area contributed by atoms with Gasteiger partial charge in [0.1, 0.15) is 0 Å². The van der Waals surface area contributed by atoms with Crippen LogP contribution in [0.15, 0.2) is 48.5 Å². The van der Waals surface area contributed by atoms with E-state index in [9.17, 15) is 14.4 Å². The Kier molecular flexibility index (Phi) is 6.20. The molecule has 0 spiro atoms. The molecule has 0 radical (unpaired) electrons. The lowest BCUT2D eigenvalue weighted by Gasteiger charge is -2.34. The van der Waals surface area contributed by atoms with Crippen molar-refractivity contribution in [2.45, 2.75) is 25.7 Å². The van der Waals surface area contributed by atoms with E-state index in [1.54, 1.807) is 15.9 Å². The van der Waals surface area contributed by atoms with Gasteiger partial charge in [-0.2, -0.15) is 0 Å². The normalized spacial score (nSPS) is 15.6. The van der Waals surface area contributed by atoms with Crippen molar-refractivity contribution in [1.82, 2.24) is 14.8 Å². The van der Waals surface area contributed by atoms with E-state index in [4.69, 9.17) is 4.74 Å². The predicted molar refractivity (Wildman–Crippen MR) is 129 cm³/mol. The molecule has 0 saturated carbocycles. The molecule has 8 nitrogen and oxygen atoms in total. The Balaban J connectivity index is 1.12. The van der Waals surface area contributed by atoms with Crippen molar-refractivity contribution >= 4 is 34.5 Å². The van der Waals surface area contributed by atoms with E-state index in [0.717, 1.165) is 35.9 Å². The number of hydrogen-bond donors (Lipinski definition) is 2. The zero-order valence-electron chi connectivity index (χ0n) is 19.0. The third-order valence-electron chi connectivity index (χ3n) is 6.61. The highest BCUT2D eigenvalue weighted by molar-refractivity contribution is 5.97. The second kappa shape index (κ2) is 9.59. The molecule has 2 heterocycles. The molecule has 0 unspecified atom stereocenters. The fraction of sp³-hybridized carbons (Fsp3) is 0.346. The van der Waals surface area contributed by atoms with E-state index in [1.807, 2.05) is 42.5 Å². The number of anilines is 1. The van der Waals surface area contributed by atoms with E-state index in [2.05, 4.69) is 10.3 Å². The summed E-state index contributed by atoms with van der Waals surface area (Å²) < 4.78 is 5.33. The van der Waals surface area contributed by atoms with Gasteiger partial charge >= 0.3 is 12.0 Å². The van der Waals surface area contributed by atoms with Crippen molar-refractivity contribution in [2.75, 3.05) is 38.1 Å². The van der Waals surface area contributed by atoms with Gasteiger partial charge in [0.2, 0.25) is 0 Å². The van der Waals surface area contributed by atoms with Crippen LogP contribution >= 0.6 is 0 Å². The van der Waals surface area contributed by atoms with Crippen LogP contribution in [0.1, 0.15) is 34.5 Å². The third-order valence-corrected chi connectivity index (χ3v) is 6.61. The van der Waals surface area contributed by atoms with Crippen LogP contribution in [0.2, 0.25) is 0 Å². The highest BCUT2D eigenvalue weighted by atomic mass is 16.5. The topological polar surface area (TPSA) is 94.7 Å². The molecule has 176 valence electrons. The number of para-hydroxylation sites is 1. The lowest BCUT2D eigenvalue weighted by molar-refractivity contribution is -0.135. The summed E-state index contributed by atoms with van der Waals surface area (Å²) >= 11 is 0. The predicted octanol–water partition coefficient (Wildman–Crippen LogP) is 3.58. The molecule has 1 fully saturated rings. The molecule has 3 aromatic rings. The molecule has 0 atom stereocenters. The van der Waals surface area contributed by atoms with Crippen molar-refractivity contribution in [3.05, 3.63) is 65.4 Å². The van der Waals surface area contributed by atoms with Crippen LogP contribution in [-0.2, 0) is 22.4 Å². The molecule has 1 saturated heterocycles. The highest BCUT2D eigenvalue weighted by Crippen LogP contribution is 2.29. The summed E-state index contributed by atoms with van der Waals surface area (Å²) in [7, 11) is 0. The summed E-state index contributed by atoms with van der Waals surface area (Å²) in [5, 5.41) is 3.93. The summed E-state index contributed by atoms with van der Waals surface area (Å²) in [6.07, 6.45) is 4.40. The summed E-state index contributed by atoms with van der Waals surface area (Å²) in [5.74, 6) is -0.751. The van der Waals surface area contributed by atoms with Crippen molar-refractivity contribution in [1.29, 1.82) is 0 Å². The number of hydrogen-bond acceptors (Lipinski definition) is 4. The second-order valence-corrected chi connectivity index (χ2v) is 8.79. The first kappa shape index (κ1) is 22.0. The van der Waals surface area contributed by atoms with Gasteiger partial charge in [-0.25, -0.2) is 9.59 Å². The largest absolute Gasteiger partial charge is 0.452 e. The number of aryl methyl sites for hydroxylation is 2. The van der Waals surface area contributed by atoms with E-state index in [1.165, 1.54) is 17.7 Å². The number of benzene rings is 2. The van der Waals surface area contributed by atoms with Gasteiger partial charge in [0.15, 0.2) is 6.61 Å². The van der Waals surface area contributed by atoms with Crippen LogP contribution in [0.4, 0.5) is 10.5 Å². The summed E-state index contributed by atoms with van der Waals surface area (Å²) in [5.41, 5.74) is 4.78. The molecule has 5 rings (SSSR count). The number of carbonyl (C=O) groups excluding carboxylic acids is 3. The minimum absolute atomic E-state index is 0.188. The quantitative estimate of drug-likeness (QED) is 0.582. The Bertz CT molecular complexity index is 1210. The Morgan fingerprint density at radius 2 is 1.65 bits per heavy atom. The van der Waals surface area contributed by atoms with Gasteiger partial charge < -0.3 is 24.8 Å². The van der Waals surface area contributed by atoms with Crippen LogP contribution in [0.25, 0.3) is 10.9 Å². The standard InChI is InChI=1S/C26H28N4O4/c31-24(29-12-14-30(15-13-29)26(33)27-19-6-2-1-3-7-19)17-34-25(32)18-10-11-23-21(16-18)20-8-4-5-9-22(20)28-23/h1-3,6-7,10-11,16,28H,4-5,8-9,12-15,17H2,(H,27,33). The SMILES string of the molecule is O=C(OCC(=O)N1CCN(C(=O)Nc2ccccc2)CC1)c1ccc2[nH]c3c(c2c1)CCCC3. The number of amides is 3. The van der Waals surface area contributed by atoms with E-state index in [-0.39, 0.29) is 18.5 Å². The molecule has 1 aliphatic carbocycles. The summed E-state index contributed by atoms with van der Waals surface area (Å²) in [4.78, 5) is 44.4. The van der Waals surface area contributed by atoms with Gasteiger partial charge in [-0.1, -0.05) is 18.2 Å². The molecule has 1 aromatic heterocycles. The average Bonchev–Trinajstić information content (AvgIpc) is 3.25. The first-order valence-corrected chi connectivity index (χ1v) is 11.8. The highest BCUT2D eigenvalue weighted by Gasteiger charge is 2.25. The smallest absolute Gasteiger partial charge is 0.338 e. The maximum Gasteiger partial charge on any atom is 0.338 e. The second-order valence-electron chi connectivity index (χ2n) is 8.79. The number of fused-ring (bicyclic) bond motifs is 3. The molecular weight excluding hydrogens is 432 g/mol. The Morgan fingerprint density at radius 3 is 2.44 bits per heavy atom. The molecule has 2 N–H and O–H groups in total. The van der Waals surface area contributed by atoms with Crippen LogP contribution in [-0.4, -0.2) is 65.5 Å². The van der Waals surface area contributed by atoms with Gasteiger partial charge in [-0.15, -0.1) is 0 Å². The van der Waals surface area contributed by atoms with Crippen molar-refractivity contribution in [3.63, 3.8) is 0 Å². The number of piperazine rings is 1. The van der Waals surface area contributed by atoms with Gasteiger partial charge in [-0.3, -0.25) is 4.79 Å². The summed E-state index contributed by atoms with van der Waals surface area (Å²) in [6, 6.07) is 14.6. The van der Waals surface area contributed by atoms with Crippen molar-refractivity contribution < 1.29 is 19.1 Å². The number of aromatic nitrogens is 1. The van der Waals surface area contributed by atoms with Crippen LogP contribution < -0.4 is 5.32 Å². The number of aromatic amines is 1. The first-order chi connectivity index (χ1) is 16.6. The van der Waals surface area contributed by atoms with Gasteiger partial charge in [0, 0.05) is 48.5 Å². The Morgan fingerprint density at radius 1 is 0.912 bits per heavy atom. The zero-order valence-corrected chi connectivity index (χ0v) is 19.0. The maximum atomic E-state index is 12.6. The number of H-pyrrole nitrogens is 1. The number of esters is 1. The van der Waals surface area contributed by atoms with E-state index in [0.29, 0.717) is 31.7 Å². The van der Waals surface area contributed by atoms with Crippen LogP contribution in [0.3, 0.4) is 0 Å². The van der Waals surface area contributed by atoms with Crippen molar-refractivity contribution in [2.24, 2.45) is 0 Å². The van der Waals surface area contributed by atoms with E-state index >= 15 is 0 Å². The monoisotopic (exact) mass is 460 g/mol. The van der Waals surface area contributed by atoms with E-state index < -0.39 is 5.97 Å². The molecule has 2 aromatic carbocycles. The molecule has 2 aliphatic rings. The molecule has 1 aliphatic heterocycles. The molecule has 8 heteroatoms. The van der Waals surface area contributed by atoms with Gasteiger partial charge in [0.05, 0.1) is 5.56 Å². The fourth-order valence-corrected chi connectivity index (χ4v) is 4.72. The lowest BCUT2D eigenvalue weighted by atomic mass is 9.95.